The zero-order chi connectivity index (χ0) is 19.4. The fourth-order valence-corrected chi connectivity index (χ4v) is 4.02. The van der Waals surface area contributed by atoms with E-state index in [4.69, 9.17) is 0 Å². The molecule has 0 heterocycles. The second-order valence-corrected chi connectivity index (χ2v) is 6.94. The third-order valence-electron chi connectivity index (χ3n) is 5.68. The van der Waals surface area contributed by atoms with Gasteiger partial charge in [-0.05, 0) is 63.9 Å². The molecule has 1 aliphatic rings. The molecule has 27 heavy (non-hydrogen) atoms. The first-order valence-corrected chi connectivity index (χ1v) is 10.2. The third kappa shape index (κ3) is 3.49. The Morgan fingerprint density at radius 3 is 2.19 bits per heavy atom. The van der Waals surface area contributed by atoms with Gasteiger partial charge in [-0.3, -0.25) is 0 Å². The molecular weight excluding hydrogens is 324 g/mol. The van der Waals surface area contributed by atoms with Crippen LogP contribution in [0.15, 0.2) is 78.9 Å². The second-order valence-electron chi connectivity index (χ2n) is 6.94. The molecule has 0 aromatic heterocycles. The average Bonchev–Trinajstić information content (AvgIpc) is 2.71. The van der Waals surface area contributed by atoms with E-state index in [-0.39, 0.29) is 0 Å². The van der Waals surface area contributed by atoms with Crippen LogP contribution < -0.4 is 0 Å². The van der Waals surface area contributed by atoms with Gasteiger partial charge in [0, 0.05) is 5.92 Å². The minimum absolute atomic E-state index is 0.380. The first-order chi connectivity index (χ1) is 13.2. The van der Waals surface area contributed by atoms with Gasteiger partial charge in [0.15, 0.2) is 0 Å². The van der Waals surface area contributed by atoms with Gasteiger partial charge >= 0.3 is 0 Å². The summed E-state index contributed by atoms with van der Waals surface area (Å²) in [7, 11) is 0. The molecule has 3 aromatic rings. The van der Waals surface area contributed by atoms with Crippen LogP contribution >= 0.6 is 0 Å². The quantitative estimate of drug-likeness (QED) is 0.418. The van der Waals surface area contributed by atoms with E-state index in [9.17, 15) is 0 Å². The van der Waals surface area contributed by atoms with E-state index < -0.39 is 0 Å². The molecule has 1 atom stereocenters. The van der Waals surface area contributed by atoms with Crippen LogP contribution in [0, 0.1) is 0 Å². The van der Waals surface area contributed by atoms with E-state index in [1.807, 2.05) is 19.9 Å². The maximum absolute atomic E-state index is 3.93. The minimum atomic E-state index is 0.380. The number of benzene rings is 3. The predicted octanol–water partition coefficient (Wildman–Crippen LogP) is 7.87. The summed E-state index contributed by atoms with van der Waals surface area (Å²) in [6.45, 7) is 12.3. The monoisotopic (exact) mass is 354 g/mol. The lowest BCUT2D eigenvalue weighted by Gasteiger charge is -2.23. The van der Waals surface area contributed by atoms with Crippen LogP contribution in [0.2, 0.25) is 0 Å². The van der Waals surface area contributed by atoms with E-state index in [1.165, 1.54) is 51.4 Å². The summed E-state index contributed by atoms with van der Waals surface area (Å²) in [6, 6.07) is 20.3. The standard InChI is InChI=1S/C25H24.C2H6/c1-4-18(5-2)17(3)19-10-12-20(13-11-19)25-16-21-14-15-22(21)23-8-6-7-9-24(23)25;1-2/h4-13,16-17H,1,14-15H2,2-3H3;1-2H3/b18-5+;. The van der Waals surface area contributed by atoms with Gasteiger partial charge in [0.1, 0.15) is 0 Å². The van der Waals surface area contributed by atoms with Crippen molar-refractivity contribution in [3.63, 3.8) is 0 Å². The molecule has 0 fully saturated rings. The van der Waals surface area contributed by atoms with Gasteiger partial charge in [0.2, 0.25) is 0 Å². The highest BCUT2D eigenvalue weighted by Crippen LogP contribution is 2.38. The van der Waals surface area contributed by atoms with Gasteiger partial charge < -0.3 is 0 Å². The normalized spacial score (nSPS) is 13.9. The molecule has 0 spiro atoms. The van der Waals surface area contributed by atoms with E-state index >= 15 is 0 Å². The van der Waals surface area contributed by atoms with Gasteiger partial charge in [-0.1, -0.05) is 94.1 Å². The number of rotatable bonds is 4. The van der Waals surface area contributed by atoms with Crippen LogP contribution in [-0.2, 0) is 12.8 Å². The van der Waals surface area contributed by atoms with Crippen LogP contribution in [0.25, 0.3) is 21.9 Å². The van der Waals surface area contributed by atoms with E-state index in [0.717, 1.165) is 0 Å². The van der Waals surface area contributed by atoms with Gasteiger partial charge in [-0.2, -0.15) is 0 Å². The highest BCUT2D eigenvalue weighted by atomic mass is 14.2. The van der Waals surface area contributed by atoms with Crippen molar-refractivity contribution < 1.29 is 0 Å². The van der Waals surface area contributed by atoms with E-state index in [0.29, 0.717) is 5.92 Å². The lowest BCUT2D eigenvalue weighted by molar-refractivity contribution is 0.852. The van der Waals surface area contributed by atoms with Gasteiger partial charge in [0.25, 0.3) is 0 Å². The van der Waals surface area contributed by atoms with Crippen molar-refractivity contribution in [2.24, 2.45) is 0 Å². The number of aryl methyl sites for hydroxylation is 2. The van der Waals surface area contributed by atoms with Crippen molar-refractivity contribution in [1.82, 2.24) is 0 Å². The minimum Gasteiger partial charge on any atom is -0.0988 e. The Balaban J connectivity index is 0.00000102. The van der Waals surface area contributed by atoms with Crippen LogP contribution in [0.5, 0.6) is 0 Å². The smallest absolute Gasteiger partial charge is 0.00575 e. The number of hydrogen-bond donors (Lipinski definition) is 0. The predicted molar refractivity (Wildman–Crippen MR) is 121 cm³/mol. The van der Waals surface area contributed by atoms with Crippen molar-refractivity contribution in [2.75, 3.05) is 0 Å². The number of allylic oxidation sites excluding steroid dienone is 3. The molecule has 0 N–H and O–H groups in total. The molecule has 0 saturated carbocycles. The Morgan fingerprint density at radius 2 is 1.63 bits per heavy atom. The number of fused-ring (bicyclic) bond motifs is 3. The summed E-state index contributed by atoms with van der Waals surface area (Å²) in [5.41, 5.74) is 8.36. The highest BCUT2D eigenvalue weighted by Gasteiger charge is 2.19. The van der Waals surface area contributed by atoms with Crippen LogP contribution in [-0.4, -0.2) is 0 Å². The summed E-state index contributed by atoms with van der Waals surface area (Å²) in [5.74, 6) is 0.380. The molecule has 0 aliphatic heterocycles. The first-order valence-electron chi connectivity index (χ1n) is 10.2. The molecule has 0 nitrogen and oxygen atoms in total. The van der Waals surface area contributed by atoms with Crippen molar-refractivity contribution >= 4 is 10.8 Å². The Bertz CT molecular complexity index is 971. The molecule has 0 heteroatoms. The van der Waals surface area contributed by atoms with Crippen LogP contribution in [0.3, 0.4) is 0 Å². The summed E-state index contributed by atoms with van der Waals surface area (Å²) in [6.07, 6.45) is 6.55. The molecule has 138 valence electrons. The van der Waals surface area contributed by atoms with Gasteiger partial charge in [0.05, 0.1) is 0 Å². The lowest BCUT2D eigenvalue weighted by Crippen LogP contribution is -2.09. The highest BCUT2D eigenvalue weighted by molar-refractivity contribution is 6.00. The summed E-state index contributed by atoms with van der Waals surface area (Å²) >= 11 is 0. The maximum atomic E-state index is 3.93. The van der Waals surface area contributed by atoms with Crippen LogP contribution in [0.1, 0.15) is 50.3 Å². The Morgan fingerprint density at radius 1 is 0.963 bits per heavy atom. The Hall–Kier alpha value is -2.60. The largest absolute Gasteiger partial charge is 0.0988 e. The molecule has 4 rings (SSSR count). The summed E-state index contributed by atoms with van der Waals surface area (Å²) < 4.78 is 0. The molecule has 1 unspecified atom stereocenters. The second kappa shape index (κ2) is 8.39. The van der Waals surface area contributed by atoms with Gasteiger partial charge in [-0.15, -0.1) is 0 Å². The van der Waals surface area contributed by atoms with E-state index in [2.05, 4.69) is 81.1 Å². The van der Waals surface area contributed by atoms with Crippen molar-refractivity contribution in [3.05, 3.63) is 95.6 Å². The topological polar surface area (TPSA) is 0 Å². The zero-order valence-corrected chi connectivity index (χ0v) is 17.0. The third-order valence-corrected chi connectivity index (χ3v) is 5.68. The summed E-state index contributed by atoms with van der Waals surface area (Å²) in [4.78, 5) is 0. The molecule has 1 aliphatic carbocycles. The van der Waals surface area contributed by atoms with E-state index in [1.54, 1.807) is 5.56 Å². The molecule has 0 radical (unpaired) electrons. The molecule has 0 saturated heterocycles. The van der Waals surface area contributed by atoms with Crippen molar-refractivity contribution in [2.45, 2.75) is 46.5 Å². The summed E-state index contributed by atoms with van der Waals surface area (Å²) in [5, 5.41) is 2.81. The SMILES string of the molecule is C=C/C(=C\C)C(C)c1ccc(-c2cc3c(c4ccccc24)CC3)cc1.CC. The fourth-order valence-electron chi connectivity index (χ4n) is 4.02. The Kier molecular flexibility index (Phi) is 5.96. The first kappa shape index (κ1) is 19.2. The molecule has 3 aromatic carbocycles. The molecule has 0 bridgehead atoms. The van der Waals surface area contributed by atoms with Gasteiger partial charge in [-0.25, -0.2) is 0 Å². The fraction of sp³-hybridized carbons (Fsp3) is 0.259. The molecular formula is C27H30. The Labute approximate surface area is 164 Å². The van der Waals surface area contributed by atoms with Crippen molar-refractivity contribution in [1.29, 1.82) is 0 Å². The average molecular weight is 355 g/mol. The lowest BCUT2D eigenvalue weighted by atomic mass is 9.81. The van der Waals surface area contributed by atoms with Crippen LogP contribution in [0.4, 0.5) is 0 Å². The maximum Gasteiger partial charge on any atom is 0.00575 e. The molecule has 0 amide bonds. The number of hydrogen-bond acceptors (Lipinski definition) is 0. The van der Waals surface area contributed by atoms with Crippen molar-refractivity contribution in [3.8, 4) is 11.1 Å². The zero-order valence-electron chi connectivity index (χ0n) is 17.0.